The molecule has 2 aromatic carbocycles. The molecule has 0 aliphatic carbocycles. The first-order valence-corrected chi connectivity index (χ1v) is 38.1. The Morgan fingerprint density at radius 3 is 1.25 bits per heavy atom. The minimum Gasteiger partial charge on any atom is -0.395 e. The van der Waals surface area contributed by atoms with E-state index in [-0.39, 0.29) is 60.6 Å². The molecule has 2 unspecified atom stereocenters. The van der Waals surface area contributed by atoms with Gasteiger partial charge in [-0.15, -0.1) is 0 Å². The van der Waals surface area contributed by atoms with Crippen molar-refractivity contribution in [3.8, 4) is 34.7 Å². The second-order valence-corrected chi connectivity index (χ2v) is 29.9. The number of aliphatic hydroxyl groups is 2. The Hall–Kier alpha value is -9.50. The lowest BCUT2D eigenvalue weighted by Gasteiger charge is -2.38. The van der Waals surface area contributed by atoms with Gasteiger partial charge in [-0.1, -0.05) is 60.7 Å². The number of nitriles is 2. The van der Waals surface area contributed by atoms with Gasteiger partial charge in [0, 0.05) is 126 Å². The molecular formula is C72H90N18O10S2. The van der Waals surface area contributed by atoms with Crippen LogP contribution in [-0.4, -0.2) is 236 Å². The molecule has 2 atom stereocenters. The van der Waals surface area contributed by atoms with Crippen LogP contribution in [0.2, 0.25) is 0 Å². The van der Waals surface area contributed by atoms with E-state index in [1.54, 1.807) is 48.5 Å². The summed E-state index contributed by atoms with van der Waals surface area (Å²) in [5.41, 5.74) is 21.2. The van der Waals surface area contributed by atoms with Gasteiger partial charge in [0.15, 0.2) is 10.3 Å². The van der Waals surface area contributed by atoms with E-state index in [0.717, 1.165) is 126 Å². The normalized spacial score (nSPS) is 16.9. The zero-order valence-electron chi connectivity index (χ0n) is 57.7. The molecule has 8 N–H and O–H groups in total. The average molecular weight is 1430 g/mol. The van der Waals surface area contributed by atoms with Crippen molar-refractivity contribution in [1.82, 2.24) is 70.3 Å². The summed E-state index contributed by atoms with van der Waals surface area (Å²) < 4.78 is 0. The first-order chi connectivity index (χ1) is 49.4. The molecule has 30 heteroatoms. The van der Waals surface area contributed by atoms with Gasteiger partial charge in [-0.05, 0) is 124 Å². The van der Waals surface area contributed by atoms with E-state index in [4.69, 9.17) is 41.1 Å². The Morgan fingerprint density at radius 1 is 0.520 bits per heavy atom. The lowest BCUT2D eigenvalue weighted by molar-refractivity contribution is -0.154. The molecule has 0 bridgehead atoms. The number of hydroxylamine groups is 2. The molecule has 4 fully saturated rings. The van der Waals surface area contributed by atoms with E-state index < -0.39 is 45.5 Å². The second kappa shape index (κ2) is 36.9. The number of benzene rings is 2. The molecule has 4 aliphatic rings. The molecule has 6 aromatic rings. The second-order valence-electron chi connectivity index (χ2n) is 25.9. The fraction of sp³-hybridized carbons (Fsp3) is 0.444. The summed E-state index contributed by atoms with van der Waals surface area (Å²) in [4.78, 5) is 129. The fourth-order valence-electron chi connectivity index (χ4n) is 13.0. The van der Waals surface area contributed by atoms with Crippen LogP contribution in [0.15, 0.2) is 117 Å². The number of nitrogens with zero attached hydrogens (tertiary/aromatic N) is 14. The van der Waals surface area contributed by atoms with Crippen molar-refractivity contribution in [3.63, 3.8) is 0 Å². The smallest absolute Gasteiger partial charge is 0.356 e. The van der Waals surface area contributed by atoms with E-state index >= 15 is 0 Å². The molecule has 4 aliphatic heterocycles. The number of piperazine rings is 2. The Bertz CT molecular complexity index is 3780. The Morgan fingerprint density at radius 2 is 0.892 bits per heavy atom. The van der Waals surface area contributed by atoms with Gasteiger partial charge in [0.1, 0.15) is 34.9 Å². The molecule has 28 nitrogen and oxygen atoms in total. The van der Waals surface area contributed by atoms with Crippen LogP contribution in [0.1, 0.15) is 72.2 Å². The third-order valence-corrected chi connectivity index (χ3v) is 22.4. The first kappa shape index (κ1) is 75.2. The quantitative estimate of drug-likeness (QED) is 0.0167. The number of nitrogen functional groups attached to an aromatic ring is 2. The summed E-state index contributed by atoms with van der Waals surface area (Å²) in [5, 5.41) is 41.0. The molecule has 4 saturated heterocycles. The van der Waals surface area contributed by atoms with Crippen LogP contribution in [0.3, 0.4) is 0 Å². The fourth-order valence-corrected chi connectivity index (χ4v) is 15.6. The highest BCUT2D eigenvalue weighted by molar-refractivity contribution is 8.16. The number of amides is 4. The molecule has 0 saturated carbocycles. The highest BCUT2D eigenvalue weighted by Gasteiger charge is 2.29. The van der Waals surface area contributed by atoms with E-state index in [2.05, 4.69) is 41.7 Å². The van der Waals surface area contributed by atoms with Crippen LogP contribution in [0.25, 0.3) is 22.5 Å². The first-order valence-electron chi connectivity index (χ1n) is 34.5. The Balaban J connectivity index is 0.631. The zero-order valence-corrected chi connectivity index (χ0v) is 59.5. The van der Waals surface area contributed by atoms with Crippen molar-refractivity contribution in [1.29, 1.82) is 10.5 Å². The number of β-amino-alcohol motifs (C(OH)–C–C–N with tert-alkyl or cyclic N) is 2. The van der Waals surface area contributed by atoms with Gasteiger partial charge >= 0.3 is 11.9 Å². The number of likely N-dealkylation sites (tertiary alicyclic amines) is 2. The summed E-state index contributed by atoms with van der Waals surface area (Å²) >= 11 is 0. The molecule has 102 heavy (non-hydrogen) atoms. The maximum Gasteiger partial charge on any atom is 0.356 e. The number of carbonyl (C=O) groups excluding carboxylic acids is 6. The third-order valence-electron chi connectivity index (χ3n) is 18.9. The van der Waals surface area contributed by atoms with Crippen LogP contribution < -0.4 is 22.4 Å². The summed E-state index contributed by atoms with van der Waals surface area (Å²) in [6, 6.07) is 28.8. The Kier molecular flexibility index (Phi) is 27.2. The van der Waals surface area contributed by atoms with E-state index in [0.29, 0.717) is 120 Å². The molecule has 540 valence electrons. The number of piperidine rings is 2. The van der Waals surface area contributed by atoms with Crippen LogP contribution in [0, 0.1) is 34.5 Å². The van der Waals surface area contributed by atoms with Gasteiger partial charge in [-0.25, -0.2) is 39.5 Å². The largest absolute Gasteiger partial charge is 0.395 e. The number of aromatic nitrogens is 6. The minimum atomic E-state index is -1.25. The van der Waals surface area contributed by atoms with Crippen molar-refractivity contribution >= 4 is 69.0 Å². The molecular weight excluding hydrogens is 1340 g/mol. The molecule has 4 amide bonds. The van der Waals surface area contributed by atoms with E-state index in [1.165, 1.54) is 0 Å². The number of aryl methyl sites for hydroxylation is 2. The highest BCUT2D eigenvalue weighted by atomic mass is 32.2. The number of hydrogen-bond donors (Lipinski definition) is 8. The Labute approximate surface area is 599 Å². The molecule has 4 aromatic heterocycles. The molecule has 8 heterocycles. The van der Waals surface area contributed by atoms with Crippen molar-refractivity contribution in [2.45, 2.75) is 84.6 Å². The lowest BCUT2D eigenvalue weighted by Crippen LogP contribution is -2.50. The molecule has 0 spiro atoms. The van der Waals surface area contributed by atoms with Crippen molar-refractivity contribution < 1.29 is 48.7 Å². The topological polar surface area (TPSA) is 382 Å². The predicted octanol–water partition coefficient (Wildman–Crippen LogP) is 3.45. The van der Waals surface area contributed by atoms with Crippen molar-refractivity contribution in [2.75, 3.05) is 142 Å². The van der Waals surface area contributed by atoms with Gasteiger partial charge in [0.05, 0.1) is 47.5 Å². The monoisotopic (exact) mass is 1430 g/mol. The number of aliphatic hydroxyl groups excluding tert-OH is 2. The summed E-state index contributed by atoms with van der Waals surface area (Å²) in [5.74, 6) is -2.16. The minimum absolute atomic E-state index is 0.000856. The molecule has 0 radical (unpaired) electrons. The van der Waals surface area contributed by atoms with E-state index in [1.807, 2.05) is 69.7 Å². The van der Waals surface area contributed by atoms with Gasteiger partial charge in [0.25, 0.3) is 11.8 Å². The summed E-state index contributed by atoms with van der Waals surface area (Å²) in [6.07, 6.45) is 11.0. The van der Waals surface area contributed by atoms with Crippen molar-refractivity contribution in [3.05, 3.63) is 131 Å². The van der Waals surface area contributed by atoms with Gasteiger partial charge in [0.2, 0.25) is 11.8 Å². The number of nitrogens with two attached hydrogens (primary N) is 2. The molecule has 10 rings (SSSR count). The number of anilines is 2. The lowest BCUT2D eigenvalue weighted by atomic mass is 9.96. The van der Waals surface area contributed by atoms with Gasteiger partial charge in [-0.2, -0.15) is 43.3 Å². The van der Waals surface area contributed by atoms with Crippen LogP contribution in [0.4, 0.5) is 11.6 Å². The number of thiol groups is 2. The maximum absolute atomic E-state index is 13.4. The van der Waals surface area contributed by atoms with Gasteiger partial charge in [-0.3, -0.25) is 29.0 Å². The number of nitrogens with one attached hydrogen (secondary N) is 2. The summed E-state index contributed by atoms with van der Waals surface area (Å²) in [6.45, 7) is 14.3. The van der Waals surface area contributed by atoms with Crippen LogP contribution in [0.5, 0.6) is 0 Å². The number of hydrogen-bond acceptors (Lipinski definition) is 24. The SMILES string of the molecule is C[SH](c1cccc(CCC(=O)N2CCN(CC3CCN(CCO)CC3)CC2)n1)c1nc(N)c(C#N)c(-c2ccc(CC(=O)NOC(=O)/C=C\C(=O)ONC(=O)Cc3ccc(-c4nc([SH](C)c5cccc(CCC(=O)N6CCN(CC7CCN(CCO)CC7)CC6)n5)nc(N)c4C#N)cc3)cc2)n1. The van der Waals surface area contributed by atoms with Crippen molar-refractivity contribution in [2.24, 2.45) is 11.8 Å². The van der Waals surface area contributed by atoms with Gasteiger partial charge < -0.3 is 51.0 Å². The third kappa shape index (κ3) is 21.1. The zero-order chi connectivity index (χ0) is 72.1. The average Bonchev–Trinajstić information content (AvgIpc) is 0.797. The van der Waals surface area contributed by atoms with E-state index in [9.17, 15) is 49.5 Å². The summed E-state index contributed by atoms with van der Waals surface area (Å²) in [7, 11) is -2.50. The van der Waals surface area contributed by atoms with Crippen LogP contribution >= 0.6 is 21.8 Å². The number of pyridine rings is 2. The standard InChI is InChI=1S/C72H90N18O10S2/c1-101(61-7-3-5-55(77-61)17-19-63(95)89-35-31-87(32-36-89)47-51-23-27-85(28-24-51)39-41-91)71-79-67(57(45-73)69(75)81-71)53-13-9-49(10-14-53)43-59(93)83-99-65(97)21-22-66(98)100-84-60(94)44-50-11-15-54(16-12-50)68-58(46-74)70(76)82-72(80-68)102(2)62-8-4-6-56(78-62)18-20-64(96)90-37-33-88(34-38-90)48-52-25-29-86(30-26-52)40-42-92/h3-16,21-22,51-52,91-92,101-102H,17-20,23-44,47-48H2,1-2H3,(H,83,93)(H,84,94)(H2,75,79,81)(H2,76,80,82)/b22-21-. The maximum atomic E-state index is 13.4. The van der Waals surface area contributed by atoms with Crippen LogP contribution in [-0.2, 0) is 64.1 Å². The highest BCUT2D eigenvalue weighted by Crippen LogP contribution is 2.42. The number of carbonyl (C=O) groups is 6. The predicted molar refractivity (Wildman–Crippen MR) is 385 cm³/mol. The number of rotatable bonds is 26.